The molecule has 0 aliphatic heterocycles. The number of carbonyl (C=O) groups excluding carboxylic acids is 2. The summed E-state index contributed by atoms with van der Waals surface area (Å²) in [4.78, 5) is 36.1. The first kappa shape index (κ1) is 46.8. The third-order valence-corrected chi connectivity index (χ3v) is 8.24. The Hall–Kier alpha value is -3.19. The molecule has 0 aliphatic rings. The van der Waals surface area contributed by atoms with Crippen LogP contribution in [0, 0.1) is 0 Å². The van der Waals surface area contributed by atoms with Crippen LogP contribution < -0.4 is 11.1 Å². The summed E-state index contributed by atoms with van der Waals surface area (Å²) in [5, 5.41) is 11.9. The van der Waals surface area contributed by atoms with Gasteiger partial charge in [0.15, 0.2) is 0 Å². The molecule has 0 saturated carbocycles. The van der Waals surface area contributed by atoms with E-state index in [0.29, 0.717) is 38.6 Å². The number of amides is 1. The molecular weight excluding hydrogens is 624 g/mol. The monoisotopic (exact) mass is 697 g/mol. The van der Waals surface area contributed by atoms with Gasteiger partial charge in [-0.3, -0.25) is 9.59 Å². The average Bonchev–Trinajstić information content (AvgIpc) is 3.10. The van der Waals surface area contributed by atoms with E-state index in [1.807, 2.05) is 6.08 Å². The highest BCUT2D eigenvalue weighted by Gasteiger charge is 2.19. The first-order chi connectivity index (χ1) is 24.4. The predicted octanol–water partition coefficient (Wildman–Crippen LogP) is 10.8. The zero-order valence-electron chi connectivity index (χ0n) is 31.7. The maximum atomic E-state index is 12.6. The molecule has 284 valence electrons. The summed E-state index contributed by atoms with van der Waals surface area (Å²) >= 11 is 0. The van der Waals surface area contributed by atoms with Crippen LogP contribution in [0.25, 0.3) is 0 Å². The number of allylic oxidation sites excluding steroid dienone is 11. The minimum atomic E-state index is -1.02. The number of carbonyl (C=O) groups is 3. The Morgan fingerprint density at radius 2 is 1.16 bits per heavy atom. The third kappa shape index (κ3) is 33.3. The molecule has 0 aromatic carbocycles. The molecule has 4 N–H and O–H groups in total. The molecule has 2 unspecified atom stereocenters. The summed E-state index contributed by atoms with van der Waals surface area (Å²) in [6, 6.07) is -0.874. The molecule has 1 amide bonds. The lowest BCUT2D eigenvalue weighted by Gasteiger charge is -2.15. The highest BCUT2D eigenvalue weighted by Crippen LogP contribution is 2.15. The van der Waals surface area contributed by atoms with Crippen LogP contribution in [0.5, 0.6) is 0 Å². The third-order valence-electron chi connectivity index (χ3n) is 8.24. The smallest absolute Gasteiger partial charge is 0.326 e. The van der Waals surface area contributed by atoms with Gasteiger partial charge in [0.25, 0.3) is 0 Å². The van der Waals surface area contributed by atoms with Crippen LogP contribution in [0.3, 0.4) is 0 Å². The zero-order chi connectivity index (χ0) is 36.8. The lowest BCUT2D eigenvalue weighted by Crippen LogP contribution is -2.40. The topological polar surface area (TPSA) is 119 Å². The Labute approximate surface area is 305 Å². The van der Waals surface area contributed by atoms with Gasteiger partial charge in [0.05, 0.1) is 0 Å². The SMILES string of the molecule is CC/C=C\C/C=C\C/C=C\C/C=C\C/C=C\CCCCCCCC(=O)OC(/C=C\CCCC)CCCCCCC(=O)NC(CCCN)C(=O)O. The molecule has 2 atom stereocenters. The molecule has 50 heavy (non-hydrogen) atoms. The fourth-order valence-corrected chi connectivity index (χ4v) is 5.25. The van der Waals surface area contributed by atoms with Crippen LogP contribution in [-0.2, 0) is 19.1 Å². The predicted molar refractivity (Wildman–Crippen MR) is 211 cm³/mol. The van der Waals surface area contributed by atoms with Crippen molar-refractivity contribution < 1.29 is 24.2 Å². The number of esters is 1. The highest BCUT2D eigenvalue weighted by atomic mass is 16.5. The number of unbranched alkanes of at least 4 members (excludes halogenated alkanes) is 10. The van der Waals surface area contributed by atoms with Crippen molar-refractivity contribution in [3.63, 3.8) is 0 Å². The summed E-state index contributed by atoms with van der Waals surface area (Å²) in [5.74, 6) is -1.37. The van der Waals surface area contributed by atoms with Crippen molar-refractivity contribution in [1.82, 2.24) is 5.32 Å². The summed E-state index contributed by atoms with van der Waals surface area (Å²) in [7, 11) is 0. The Balaban J connectivity index is 4.08. The molecular formula is C43H72N2O5. The second-order valence-electron chi connectivity index (χ2n) is 13.0. The zero-order valence-corrected chi connectivity index (χ0v) is 31.7. The van der Waals surface area contributed by atoms with E-state index in [-0.39, 0.29) is 18.0 Å². The van der Waals surface area contributed by atoms with Gasteiger partial charge in [0, 0.05) is 12.8 Å². The largest absolute Gasteiger partial charge is 0.480 e. The summed E-state index contributed by atoms with van der Waals surface area (Å²) in [5.41, 5.74) is 5.46. The van der Waals surface area contributed by atoms with Crippen LogP contribution in [-0.4, -0.2) is 41.6 Å². The molecule has 0 bridgehead atoms. The Kier molecular flexibility index (Phi) is 34.7. The van der Waals surface area contributed by atoms with Crippen molar-refractivity contribution in [2.24, 2.45) is 5.73 Å². The van der Waals surface area contributed by atoms with Gasteiger partial charge in [-0.2, -0.15) is 0 Å². The molecule has 0 saturated heterocycles. The van der Waals surface area contributed by atoms with Crippen molar-refractivity contribution in [2.75, 3.05) is 6.54 Å². The van der Waals surface area contributed by atoms with Gasteiger partial charge in [0.2, 0.25) is 5.91 Å². The normalized spacial score (nSPS) is 13.5. The van der Waals surface area contributed by atoms with Crippen molar-refractivity contribution in [3.8, 4) is 0 Å². The van der Waals surface area contributed by atoms with E-state index in [2.05, 4.69) is 86.0 Å². The van der Waals surface area contributed by atoms with E-state index < -0.39 is 12.0 Å². The maximum Gasteiger partial charge on any atom is 0.326 e. The van der Waals surface area contributed by atoms with E-state index in [9.17, 15) is 19.5 Å². The second-order valence-corrected chi connectivity index (χ2v) is 13.0. The van der Waals surface area contributed by atoms with Crippen molar-refractivity contribution in [1.29, 1.82) is 0 Å². The van der Waals surface area contributed by atoms with Crippen molar-refractivity contribution in [3.05, 3.63) is 72.9 Å². The maximum absolute atomic E-state index is 12.6. The van der Waals surface area contributed by atoms with Gasteiger partial charge in [-0.15, -0.1) is 0 Å². The molecule has 7 nitrogen and oxygen atoms in total. The second kappa shape index (κ2) is 37.1. The summed E-state index contributed by atoms with van der Waals surface area (Å²) in [6.45, 7) is 4.72. The molecule has 0 rings (SSSR count). The molecule has 0 radical (unpaired) electrons. The highest BCUT2D eigenvalue weighted by molar-refractivity contribution is 5.83. The van der Waals surface area contributed by atoms with Crippen LogP contribution in [0.4, 0.5) is 0 Å². The fourth-order valence-electron chi connectivity index (χ4n) is 5.25. The van der Waals surface area contributed by atoms with Gasteiger partial charge in [0.1, 0.15) is 12.1 Å². The van der Waals surface area contributed by atoms with E-state index >= 15 is 0 Å². The van der Waals surface area contributed by atoms with Gasteiger partial charge >= 0.3 is 11.9 Å². The molecule has 0 aliphatic carbocycles. The number of aliphatic carboxylic acids is 1. The van der Waals surface area contributed by atoms with E-state index in [1.165, 1.54) is 12.8 Å². The number of rotatable bonds is 34. The number of ether oxygens (including phenoxy) is 1. The lowest BCUT2D eigenvalue weighted by atomic mass is 10.1. The number of hydrogen-bond acceptors (Lipinski definition) is 5. The molecule has 0 spiro atoms. The standard InChI is InChI=1S/C43H72N2O5/c1-3-5-7-9-10-11-12-13-14-15-16-17-18-19-20-21-22-23-24-25-31-37-42(47)50-39(33-28-8-6-4-2)34-29-26-27-30-36-41(46)45-40(43(48)49)35-32-38-44/h5,7,10-11,13-14,16-17,19-20,28,33,39-40H,3-4,6,8-9,12,15,18,21-27,29-32,34-38,44H2,1-2H3,(H,45,46)(H,48,49)/b7-5-,11-10-,14-13-,17-16-,20-19-,33-28-. The Bertz CT molecular complexity index is 1010. The van der Waals surface area contributed by atoms with Gasteiger partial charge in [-0.1, -0.05) is 126 Å². The Morgan fingerprint density at radius 3 is 1.76 bits per heavy atom. The van der Waals surface area contributed by atoms with E-state index in [0.717, 1.165) is 103 Å². The summed E-state index contributed by atoms with van der Waals surface area (Å²) in [6.07, 6.45) is 47.0. The van der Waals surface area contributed by atoms with Gasteiger partial charge in [-0.25, -0.2) is 4.79 Å². The minimum absolute atomic E-state index is 0.117. The first-order valence-electron chi connectivity index (χ1n) is 19.8. The average molecular weight is 697 g/mol. The van der Waals surface area contributed by atoms with Gasteiger partial charge in [-0.05, 0) is 103 Å². The van der Waals surface area contributed by atoms with E-state index in [4.69, 9.17) is 10.5 Å². The van der Waals surface area contributed by atoms with Crippen molar-refractivity contribution in [2.45, 2.75) is 174 Å². The quantitative estimate of drug-likeness (QED) is 0.0350. The first-order valence-corrected chi connectivity index (χ1v) is 19.8. The van der Waals surface area contributed by atoms with Gasteiger partial charge < -0.3 is 20.9 Å². The number of hydrogen-bond donors (Lipinski definition) is 3. The molecule has 0 aromatic rings. The Morgan fingerprint density at radius 1 is 0.620 bits per heavy atom. The lowest BCUT2D eigenvalue weighted by molar-refractivity contribution is -0.147. The van der Waals surface area contributed by atoms with Crippen LogP contribution >= 0.6 is 0 Å². The van der Waals surface area contributed by atoms with Crippen molar-refractivity contribution >= 4 is 17.8 Å². The number of carboxylic acids is 1. The van der Waals surface area contributed by atoms with Crippen LogP contribution in [0.2, 0.25) is 0 Å². The molecule has 0 heterocycles. The molecule has 0 fully saturated rings. The number of carboxylic acid groups (broad SMARTS) is 1. The molecule has 0 aromatic heterocycles. The minimum Gasteiger partial charge on any atom is -0.480 e. The van der Waals surface area contributed by atoms with Crippen LogP contribution in [0.15, 0.2) is 72.9 Å². The number of nitrogens with two attached hydrogens (primary N) is 1. The summed E-state index contributed by atoms with van der Waals surface area (Å²) < 4.78 is 5.84. The molecule has 7 heteroatoms. The van der Waals surface area contributed by atoms with Crippen LogP contribution in [0.1, 0.15) is 162 Å². The van der Waals surface area contributed by atoms with E-state index in [1.54, 1.807) is 0 Å². The fraction of sp³-hybridized carbons (Fsp3) is 0.651. The number of nitrogens with one attached hydrogen (secondary N) is 1.